The summed E-state index contributed by atoms with van der Waals surface area (Å²) in [5.41, 5.74) is 1.48. The van der Waals surface area contributed by atoms with Crippen LogP contribution in [-0.4, -0.2) is 17.8 Å². The van der Waals surface area contributed by atoms with Gasteiger partial charge in [0, 0.05) is 24.7 Å². The van der Waals surface area contributed by atoms with Crippen LogP contribution >= 0.6 is 0 Å². The Morgan fingerprint density at radius 1 is 0.958 bits per heavy atom. The van der Waals surface area contributed by atoms with Crippen LogP contribution in [0.5, 0.6) is 5.75 Å². The van der Waals surface area contributed by atoms with Crippen LogP contribution in [0.15, 0.2) is 48.5 Å². The summed E-state index contributed by atoms with van der Waals surface area (Å²) < 4.78 is 5.28. The molecule has 124 valence electrons. The first kappa shape index (κ1) is 17.2. The van der Waals surface area contributed by atoms with Gasteiger partial charge in [-0.15, -0.1) is 0 Å². The van der Waals surface area contributed by atoms with Crippen molar-refractivity contribution in [3.8, 4) is 5.75 Å². The summed E-state index contributed by atoms with van der Waals surface area (Å²) in [6, 6.07) is 13.0. The minimum absolute atomic E-state index is 0.130. The fourth-order valence-electron chi connectivity index (χ4n) is 1.95. The monoisotopic (exact) mass is 326 g/mol. The maximum Gasteiger partial charge on any atom is 0.343 e. The Hall–Kier alpha value is -3.15. The molecule has 24 heavy (non-hydrogen) atoms. The predicted molar refractivity (Wildman–Crippen MR) is 91.1 cm³/mol. The van der Waals surface area contributed by atoms with E-state index < -0.39 is 5.97 Å². The van der Waals surface area contributed by atoms with Gasteiger partial charge in [0.05, 0.1) is 5.56 Å². The lowest BCUT2D eigenvalue weighted by molar-refractivity contribution is -0.116. The molecule has 6 heteroatoms. The van der Waals surface area contributed by atoms with Crippen molar-refractivity contribution in [3.63, 3.8) is 0 Å². The summed E-state index contributed by atoms with van der Waals surface area (Å²) in [6.45, 7) is 3.16. The van der Waals surface area contributed by atoms with E-state index in [1.165, 1.54) is 6.92 Å². The Balaban J connectivity index is 2.05. The van der Waals surface area contributed by atoms with Gasteiger partial charge < -0.3 is 15.4 Å². The highest BCUT2D eigenvalue weighted by Crippen LogP contribution is 2.18. The van der Waals surface area contributed by atoms with Crippen molar-refractivity contribution in [3.05, 3.63) is 54.1 Å². The zero-order chi connectivity index (χ0) is 17.5. The number of ether oxygens (including phenoxy) is 1. The third-order valence-electron chi connectivity index (χ3n) is 3.09. The molecule has 0 heterocycles. The molecule has 2 N–H and O–H groups in total. The van der Waals surface area contributed by atoms with Crippen LogP contribution in [0.25, 0.3) is 0 Å². The molecule has 0 radical (unpaired) electrons. The highest BCUT2D eigenvalue weighted by molar-refractivity contribution is 5.95. The van der Waals surface area contributed by atoms with E-state index in [2.05, 4.69) is 10.6 Å². The first-order chi connectivity index (χ1) is 11.5. The number of hydrogen-bond donors (Lipinski definition) is 2. The molecule has 0 fully saturated rings. The third-order valence-corrected chi connectivity index (χ3v) is 3.09. The number of hydrogen-bond acceptors (Lipinski definition) is 4. The molecular weight excluding hydrogens is 308 g/mol. The number of rotatable bonds is 5. The topological polar surface area (TPSA) is 84.5 Å². The Labute approximate surface area is 139 Å². The fraction of sp³-hybridized carbons (Fsp3) is 0.167. The molecule has 0 atom stereocenters. The number of anilines is 2. The molecule has 2 aromatic carbocycles. The number of nitrogens with one attached hydrogen (secondary N) is 2. The average Bonchev–Trinajstić information content (AvgIpc) is 2.56. The molecule has 0 aliphatic rings. The molecule has 6 nitrogen and oxygen atoms in total. The molecule has 0 aromatic heterocycles. The summed E-state index contributed by atoms with van der Waals surface area (Å²) in [7, 11) is 0. The van der Waals surface area contributed by atoms with Gasteiger partial charge >= 0.3 is 5.97 Å². The minimum Gasteiger partial charge on any atom is -0.423 e. The molecule has 0 unspecified atom stereocenters. The predicted octanol–water partition coefficient (Wildman–Crippen LogP) is 3.21. The highest BCUT2D eigenvalue weighted by atomic mass is 16.5. The van der Waals surface area contributed by atoms with E-state index in [0.29, 0.717) is 29.1 Å². The quantitative estimate of drug-likeness (QED) is 0.653. The minimum atomic E-state index is -0.533. The lowest BCUT2D eigenvalue weighted by Gasteiger charge is -2.08. The van der Waals surface area contributed by atoms with Crippen molar-refractivity contribution in [2.24, 2.45) is 0 Å². The van der Waals surface area contributed by atoms with Crippen molar-refractivity contribution in [1.82, 2.24) is 0 Å². The van der Waals surface area contributed by atoms with Crippen LogP contribution in [0.2, 0.25) is 0 Å². The zero-order valence-corrected chi connectivity index (χ0v) is 13.5. The van der Waals surface area contributed by atoms with Crippen LogP contribution < -0.4 is 15.4 Å². The lowest BCUT2D eigenvalue weighted by atomic mass is 10.2. The Bertz CT molecular complexity index is 754. The van der Waals surface area contributed by atoms with E-state index in [4.69, 9.17) is 4.74 Å². The molecule has 0 bridgehead atoms. The average molecular weight is 326 g/mol. The van der Waals surface area contributed by atoms with Crippen LogP contribution in [0, 0.1) is 0 Å². The zero-order valence-electron chi connectivity index (χ0n) is 13.5. The van der Waals surface area contributed by atoms with Gasteiger partial charge in [-0.05, 0) is 42.5 Å². The number of carbonyl (C=O) groups excluding carboxylic acids is 3. The van der Waals surface area contributed by atoms with Gasteiger partial charge in [-0.1, -0.05) is 13.0 Å². The molecule has 2 aromatic rings. The van der Waals surface area contributed by atoms with Crippen LogP contribution in [0.1, 0.15) is 30.6 Å². The fourth-order valence-corrected chi connectivity index (χ4v) is 1.95. The Morgan fingerprint density at radius 2 is 1.67 bits per heavy atom. The SMILES string of the molecule is CCC(=O)Nc1cccc(C(=O)Oc2ccc(NC(C)=O)cc2)c1. The second-order valence-electron chi connectivity index (χ2n) is 5.08. The molecule has 0 aliphatic heterocycles. The van der Waals surface area contributed by atoms with Gasteiger partial charge in [0.15, 0.2) is 0 Å². The first-order valence-electron chi connectivity index (χ1n) is 7.47. The normalized spacial score (nSPS) is 9.92. The summed E-state index contributed by atoms with van der Waals surface area (Å²) in [5, 5.41) is 5.32. The van der Waals surface area contributed by atoms with Crippen molar-refractivity contribution in [2.75, 3.05) is 10.6 Å². The standard InChI is InChI=1S/C18H18N2O4/c1-3-17(22)20-15-6-4-5-13(11-15)18(23)24-16-9-7-14(8-10-16)19-12(2)21/h4-11H,3H2,1-2H3,(H,19,21)(H,20,22). The van der Waals surface area contributed by atoms with Crippen molar-refractivity contribution in [2.45, 2.75) is 20.3 Å². The van der Waals surface area contributed by atoms with E-state index in [9.17, 15) is 14.4 Å². The summed E-state index contributed by atoms with van der Waals surface area (Å²) >= 11 is 0. The van der Waals surface area contributed by atoms with Crippen molar-refractivity contribution >= 4 is 29.2 Å². The van der Waals surface area contributed by atoms with Gasteiger partial charge in [-0.3, -0.25) is 9.59 Å². The smallest absolute Gasteiger partial charge is 0.343 e. The number of carbonyl (C=O) groups is 3. The van der Waals surface area contributed by atoms with Crippen LogP contribution in [0.4, 0.5) is 11.4 Å². The third kappa shape index (κ3) is 4.95. The Kier molecular flexibility index (Phi) is 5.68. The van der Waals surface area contributed by atoms with Gasteiger partial charge in [-0.2, -0.15) is 0 Å². The van der Waals surface area contributed by atoms with Crippen LogP contribution in [0.3, 0.4) is 0 Å². The molecule has 0 saturated heterocycles. The molecule has 0 spiro atoms. The van der Waals surface area contributed by atoms with E-state index in [-0.39, 0.29) is 11.8 Å². The van der Waals surface area contributed by atoms with Crippen molar-refractivity contribution < 1.29 is 19.1 Å². The maximum absolute atomic E-state index is 12.2. The summed E-state index contributed by atoms with van der Waals surface area (Å²) in [6.07, 6.45) is 0.356. The summed E-state index contributed by atoms with van der Waals surface area (Å²) in [4.78, 5) is 34.5. The highest BCUT2D eigenvalue weighted by Gasteiger charge is 2.10. The number of amides is 2. The maximum atomic E-state index is 12.2. The lowest BCUT2D eigenvalue weighted by Crippen LogP contribution is -2.12. The second kappa shape index (κ2) is 7.92. The molecule has 0 aliphatic carbocycles. The largest absolute Gasteiger partial charge is 0.423 e. The Morgan fingerprint density at radius 3 is 2.29 bits per heavy atom. The summed E-state index contributed by atoms with van der Waals surface area (Å²) in [5.74, 6) is -0.480. The van der Waals surface area contributed by atoms with E-state index in [1.54, 1.807) is 55.5 Å². The van der Waals surface area contributed by atoms with E-state index in [1.807, 2.05) is 0 Å². The molecular formula is C18H18N2O4. The van der Waals surface area contributed by atoms with Crippen LogP contribution in [-0.2, 0) is 9.59 Å². The molecule has 2 amide bonds. The van der Waals surface area contributed by atoms with E-state index >= 15 is 0 Å². The van der Waals surface area contributed by atoms with E-state index in [0.717, 1.165) is 0 Å². The van der Waals surface area contributed by atoms with Gasteiger partial charge in [0.1, 0.15) is 5.75 Å². The molecule has 2 rings (SSSR count). The van der Waals surface area contributed by atoms with Gasteiger partial charge in [0.2, 0.25) is 11.8 Å². The second-order valence-corrected chi connectivity index (χ2v) is 5.08. The first-order valence-corrected chi connectivity index (χ1v) is 7.47. The van der Waals surface area contributed by atoms with Gasteiger partial charge in [-0.25, -0.2) is 4.79 Å². The number of benzene rings is 2. The van der Waals surface area contributed by atoms with Gasteiger partial charge in [0.25, 0.3) is 0 Å². The number of esters is 1. The molecule has 0 saturated carbocycles. The van der Waals surface area contributed by atoms with Crippen molar-refractivity contribution in [1.29, 1.82) is 0 Å².